The highest BCUT2D eigenvalue weighted by molar-refractivity contribution is 6.08. The molecule has 4 rings (SSSR count). The fraction of sp³-hybridized carbons (Fsp3) is 0.136. The third-order valence-corrected chi connectivity index (χ3v) is 4.30. The summed E-state index contributed by atoms with van der Waals surface area (Å²) in [5, 5.41) is 5.84. The average Bonchev–Trinajstić information content (AvgIpc) is 3.12. The number of nitrogens with zero attached hydrogens (tertiary/aromatic N) is 2. The lowest BCUT2D eigenvalue weighted by atomic mass is 10.2. The van der Waals surface area contributed by atoms with Crippen molar-refractivity contribution in [2.45, 2.75) is 19.8 Å². The summed E-state index contributed by atoms with van der Waals surface area (Å²) in [6.45, 7) is 4.01. The summed E-state index contributed by atoms with van der Waals surface area (Å²) in [6, 6.07) is 14.6. The Morgan fingerprint density at radius 3 is 2.72 bits per heavy atom. The quantitative estimate of drug-likeness (QED) is 0.472. The minimum Gasteiger partial charge on any atom is -0.440 e. The van der Waals surface area contributed by atoms with E-state index in [2.05, 4.69) is 20.6 Å². The van der Waals surface area contributed by atoms with E-state index >= 15 is 0 Å². The lowest BCUT2D eigenvalue weighted by Crippen LogP contribution is -2.14. The predicted molar refractivity (Wildman–Crippen MR) is 110 cm³/mol. The van der Waals surface area contributed by atoms with E-state index in [1.165, 1.54) is 12.1 Å². The molecule has 1 amide bonds. The number of anilines is 3. The van der Waals surface area contributed by atoms with Crippen molar-refractivity contribution >= 4 is 34.2 Å². The van der Waals surface area contributed by atoms with Crippen LogP contribution in [0.4, 0.5) is 21.6 Å². The molecule has 2 heterocycles. The molecule has 29 heavy (non-hydrogen) atoms. The summed E-state index contributed by atoms with van der Waals surface area (Å²) in [7, 11) is 0. The van der Waals surface area contributed by atoms with Gasteiger partial charge in [-0.2, -0.15) is 0 Å². The van der Waals surface area contributed by atoms with Crippen molar-refractivity contribution in [3.63, 3.8) is 0 Å². The molecule has 0 saturated carbocycles. The average molecular weight is 390 g/mol. The van der Waals surface area contributed by atoms with Gasteiger partial charge in [0.1, 0.15) is 17.2 Å². The molecule has 0 radical (unpaired) electrons. The molecule has 6 nitrogen and oxygen atoms in total. The van der Waals surface area contributed by atoms with E-state index in [-0.39, 0.29) is 17.6 Å². The van der Waals surface area contributed by atoms with Crippen molar-refractivity contribution in [3.05, 3.63) is 78.1 Å². The number of oxazole rings is 1. The Hall–Kier alpha value is -3.74. The topological polar surface area (TPSA) is 80.0 Å². The fourth-order valence-electron chi connectivity index (χ4n) is 2.86. The molecular formula is C22H19FN4O2. The number of amides is 1. The maximum absolute atomic E-state index is 13.4. The first-order valence-corrected chi connectivity index (χ1v) is 9.19. The van der Waals surface area contributed by atoms with Crippen LogP contribution in [-0.4, -0.2) is 15.9 Å². The Bertz CT molecular complexity index is 1190. The van der Waals surface area contributed by atoms with Crippen LogP contribution >= 0.6 is 0 Å². The highest BCUT2D eigenvalue weighted by atomic mass is 19.1. The zero-order chi connectivity index (χ0) is 20.4. The van der Waals surface area contributed by atoms with E-state index in [4.69, 9.17) is 4.42 Å². The van der Waals surface area contributed by atoms with Gasteiger partial charge in [0.25, 0.3) is 5.91 Å². The molecular weight excluding hydrogens is 371 g/mol. The SMILES string of the molecule is CC(C)c1nc2cc(NC(=O)c3cccnc3Nc3cccc(F)c3)ccc2o1. The molecule has 0 bridgehead atoms. The number of halogens is 1. The highest BCUT2D eigenvalue weighted by Gasteiger charge is 2.15. The molecule has 0 aliphatic rings. The summed E-state index contributed by atoms with van der Waals surface area (Å²) in [6.07, 6.45) is 1.56. The molecule has 0 aliphatic heterocycles. The Morgan fingerprint density at radius 1 is 1.07 bits per heavy atom. The van der Waals surface area contributed by atoms with Gasteiger partial charge in [-0.3, -0.25) is 4.79 Å². The van der Waals surface area contributed by atoms with Crippen LogP contribution in [-0.2, 0) is 0 Å². The third-order valence-electron chi connectivity index (χ3n) is 4.30. The Balaban J connectivity index is 1.58. The predicted octanol–water partition coefficient (Wildman–Crippen LogP) is 5.48. The summed E-state index contributed by atoms with van der Waals surface area (Å²) >= 11 is 0. The molecule has 2 aromatic carbocycles. The first-order valence-electron chi connectivity index (χ1n) is 9.19. The van der Waals surface area contributed by atoms with Crippen LogP contribution in [0.5, 0.6) is 0 Å². The Kier molecular flexibility index (Phi) is 4.95. The number of hydrogen-bond donors (Lipinski definition) is 2. The monoisotopic (exact) mass is 390 g/mol. The van der Waals surface area contributed by atoms with Gasteiger partial charge in [0.05, 0.1) is 5.56 Å². The Morgan fingerprint density at radius 2 is 1.93 bits per heavy atom. The highest BCUT2D eigenvalue weighted by Crippen LogP contribution is 2.25. The molecule has 2 aromatic heterocycles. The second kappa shape index (κ2) is 7.71. The molecule has 0 unspecified atom stereocenters. The van der Waals surface area contributed by atoms with Gasteiger partial charge in [-0.15, -0.1) is 0 Å². The van der Waals surface area contributed by atoms with Crippen LogP contribution in [0.15, 0.2) is 65.2 Å². The van der Waals surface area contributed by atoms with Crippen molar-refractivity contribution in [2.75, 3.05) is 10.6 Å². The minimum atomic E-state index is -0.376. The molecule has 4 aromatic rings. The van der Waals surface area contributed by atoms with Gasteiger partial charge in [0.2, 0.25) is 0 Å². The number of benzene rings is 2. The van der Waals surface area contributed by atoms with E-state index < -0.39 is 0 Å². The largest absolute Gasteiger partial charge is 0.440 e. The van der Waals surface area contributed by atoms with E-state index in [0.717, 1.165) is 0 Å². The van der Waals surface area contributed by atoms with Gasteiger partial charge in [-0.25, -0.2) is 14.4 Å². The number of carbonyl (C=O) groups is 1. The zero-order valence-electron chi connectivity index (χ0n) is 15.9. The first-order chi connectivity index (χ1) is 14.0. The standard InChI is InChI=1S/C22H19FN4O2/c1-13(2)22-27-18-12-16(8-9-19(18)29-22)26-21(28)17-7-4-10-24-20(17)25-15-6-3-5-14(23)11-15/h3-13H,1-2H3,(H,24,25)(H,26,28). The van der Waals surface area contributed by atoms with E-state index in [1.54, 1.807) is 48.7 Å². The van der Waals surface area contributed by atoms with Crippen LogP contribution in [0.2, 0.25) is 0 Å². The zero-order valence-corrected chi connectivity index (χ0v) is 15.9. The second-order valence-corrected chi connectivity index (χ2v) is 6.88. The van der Waals surface area contributed by atoms with Crippen molar-refractivity contribution < 1.29 is 13.6 Å². The minimum absolute atomic E-state index is 0.173. The molecule has 0 fully saturated rings. The second-order valence-electron chi connectivity index (χ2n) is 6.88. The van der Waals surface area contributed by atoms with Crippen LogP contribution in [0.1, 0.15) is 36.0 Å². The lowest BCUT2D eigenvalue weighted by molar-refractivity contribution is 0.102. The van der Waals surface area contributed by atoms with Crippen molar-refractivity contribution in [1.29, 1.82) is 0 Å². The number of pyridine rings is 1. The molecule has 0 aliphatic carbocycles. The molecule has 146 valence electrons. The van der Waals surface area contributed by atoms with E-state index in [1.807, 2.05) is 13.8 Å². The van der Waals surface area contributed by atoms with Crippen LogP contribution < -0.4 is 10.6 Å². The fourth-order valence-corrected chi connectivity index (χ4v) is 2.86. The van der Waals surface area contributed by atoms with E-state index in [9.17, 15) is 9.18 Å². The normalized spacial score (nSPS) is 11.0. The van der Waals surface area contributed by atoms with Gasteiger partial charge >= 0.3 is 0 Å². The maximum Gasteiger partial charge on any atom is 0.259 e. The summed E-state index contributed by atoms with van der Waals surface area (Å²) in [5.74, 6) is 0.437. The van der Waals surface area contributed by atoms with E-state index in [0.29, 0.717) is 39.7 Å². The summed E-state index contributed by atoms with van der Waals surface area (Å²) in [5.41, 5.74) is 2.77. The first kappa shape index (κ1) is 18.6. The number of fused-ring (bicyclic) bond motifs is 1. The maximum atomic E-state index is 13.4. The Labute approximate surface area is 166 Å². The summed E-state index contributed by atoms with van der Waals surface area (Å²) in [4.78, 5) is 21.5. The number of carbonyl (C=O) groups excluding carboxylic acids is 1. The number of rotatable bonds is 5. The van der Waals surface area contributed by atoms with Crippen LogP contribution in [0, 0.1) is 5.82 Å². The van der Waals surface area contributed by atoms with Crippen molar-refractivity contribution in [2.24, 2.45) is 0 Å². The molecule has 0 saturated heterocycles. The lowest BCUT2D eigenvalue weighted by Gasteiger charge is -2.11. The molecule has 0 atom stereocenters. The number of nitrogens with one attached hydrogen (secondary N) is 2. The molecule has 0 spiro atoms. The molecule has 7 heteroatoms. The van der Waals surface area contributed by atoms with Crippen LogP contribution in [0.3, 0.4) is 0 Å². The van der Waals surface area contributed by atoms with Gasteiger partial charge in [0, 0.05) is 23.5 Å². The van der Waals surface area contributed by atoms with Gasteiger partial charge < -0.3 is 15.1 Å². The number of aromatic nitrogens is 2. The van der Waals surface area contributed by atoms with Gasteiger partial charge in [-0.05, 0) is 48.5 Å². The van der Waals surface area contributed by atoms with Crippen molar-refractivity contribution in [1.82, 2.24) is 9.97 Å². The number of hydrogen-bond acceptors (Lipinski definition) is 5. The smallest absolute Gasteiger partial charge is 0.259 e. The van der Waals surface area contributed by atoms with Gasteiger partial charge in [-0.1, -0.05) is 19.9 Å². The van der Waals surface area contributed by atoms with Crippen LogP contribution in [0.25, 0.3) is 11.1 Å². The molecule has 2 N–H and O–H groups in total. The van der Waals surface area contributed by atoms with Gasteiger partial charge in [0.15, 0.2) is 11.5 Å². The third kappa shape index (κ3) is 4.08. The van der Waals surface area contributed by atoms with Crippen molar-refractivity contribution in [3.8, 4) is 0 Å². The summed E-state index contributed by atoms with van der Waals surface area (Å²) < 4.78 is 19.1.